The molecule has 3 N–H and O–H groups in total. The van der Waals surface area contributed by atoms with E-state index in [4.69, 9.17) is 4.98 Å². The maximum absolute atomic E-state index is 11.7. The molecule has 2 aliphatic carbocycles. The Morgan fingerprint density at radius 2 is 1.74 bits per heavy atom. The summed E-state index contributed by atoms with van der Waals surface area (Å²) >= 11 is 0. The third kappa shape index (κ3) is 4.23. The van der Waals surface area contributed by atoms with Crippen molar-refractivity contribution in [3.63, 3.8) is 0 Å². The fourth-order valence-electron chi connectivity index (χ4n) is 5.65. The lowest BCUT2D eigenvalue weighted by atomic mass is 9.88. The van der Waals surface area contributed by atoms with Crippen LogP contribution in [0.2, 0.25) is 0 Å². The first-order chi connectivity index (χ1) is 16.6. The van der Waals surface area contributed by atoms with Gasteiger partial charge in [-0.1, -0.05) is 6.07 Å². The maximum atomic E-state index is 11.7. The molecule has 3 fully saturated rings. The van der Waals surface area contributed by atoms with Crippen LogP contribution in [0, 0.1) is 5.92 Å². The number of piperazine rings is 1. The average molecular weight is 465 g/mol. The number of anilines is 3. The molecule has 4 aliphatic rings. The third-order valence-electron chi connectivity index (χ3n) is 8.05. The van der Waals surface area contributed by atoms with E-state index in [-0.39, 0.29) is 12.1 Å². The first-order valence-electron chi connectivity index (χ1n) is 12.9. The first kappa shape index (κ1) is 22.1. The van der Waals surface area contributed by atoms with E-state index in [1.165, 1.54) is 12.8 Å². The van der Waals surface area contributed by atoms with E-state index >= 15 is 0 Å². The topological polar surface area (TPSA) is 88.0 Å². The van der Waals surface area contributed by atoms with Crippen LogP contribution in [-0.2, 0) is 0 Å². The van der Waals surface area contributed by atoms with Gasteiger partial charge in [-0.25, -0.2) is 4.98 Å². The van der Waals surface area contributed by atoms with Crippen LogP contribution in [0.3, 0.4) is 0 Å². The van der Waals surface area contributed by atoms with Crippen LogP contribution < -0.4 is 15.1 Å². The van der Waals surface area contributed by atoms with Gasteiger partial charge in [-0.15, -0.1) is 0 Å². The van der Waals surface area contributed by atoms with Gasteiger partial charge in [-0.3, -0.25) is 0 Å². The molecule has 8 nitrogen and oxygen atoms in total. The lowest BCUT2D eigenvalue weighted by molar-refractivity contribution is 0.101. The van der Waals surface area contributed by atoms with Crippen molar-refractivity contribution in [3.8, 4) is 11.1 Å². The van der Waals surface area contributed by atoms with E-state index < -0.39 is 6.23 Å². The van der Waals surface area contributed by atoms with Gasteiger partial charge in [0.2, 0.25) is 5.95 Å². The van der Waals surface area contributed by atoms with Gasteiger partial charge < -0.3 is 30.2 Å². The Bertz CT molecular complexity index is 1030. The molecule has 8 heteroatoms. The minimum Gasteiger partial charge on any atom is -0.393 e. The molecule has 2 aromatic rings. The zero-order valence-electron chi connectivity index (χ0n) is 20.0. The summed E-state index contributed by atoms with van der Waals surface area (Å²) in [6.07, 6.45) is 6.68. The van der Waals surface area contributed by atoms with Crippen molar-refractivity contribution in [1.82, 2.24) is 14.9 Å². The Morgan fingerprint density at radius 1 is 0.971 bits per heavy atom. The second-order valence-corrected chi connectivity index (χ2v) is 10.6. The van der Waals surface area contributed by atoms with Gasteiger partial charge in [-0.05, 0) is 69.2 Å². The van der Waals surface area contributed by atoms with Crippen molar-refractivity contribution in [3.05, 3.63) is 30.0 Å². The zero-order chi connectivity index (χ0) is 23.2. The van der Waals surface area contributed by atoms with Gasteiger partial charge in [0.1, 0.15) is 5.82 Å². The number of hydrogen-bond acceptors (Lipinski definition) is 8. The fraction of sp³-hybridized carbons (Fsp3) is 0.615. The molecule has 34 heavy (non-hydrogen) atoms. The summed E-state index contributed by atoms with van der Waals surface area (Å²) in [5, 5.41) is 25.2. The summed E-state index contributed by atoms with van der Waals surface area (Å²) in [5.74, 6) is 2.17. The van der Waals surface area contributed by atoms with E-state index in [9.17, 15) is 10.2 Å². The predicted octanol–water partition coefficient (Wildman–Crippen LogP) is 2.83. The van der Waals surface area contributed by atoms with Gasteiger partial charge >= 0.3 is 0 Å². The molecule has 182 valence electrons. The number of aromatic nitrogens is 2. The molecule has 1 aromatic carbocycles. The molecule has 2 saturated carbocycles. The van der Waals surface area contributed by atoms with Crippen molar-refractivity contribution < 1.29 is 10.2 Å². The van der Waals surface area contributed by atoms with Crippen molar-refractivity contribution in [2.75, 3.05) is 54.9 Å². The predicted molar refractivity (Wildman–Crippen MR) is 134 cm³/mol. The van der Waals surface area contributed by atoms with Crippen LogP contribution in [0.15, 0.2) is 24.4 Å². The minimum atomic E-state index is -0.763. The molecule has 6 rings (SSSR count). The molecule has 0 bridgehead atoms. The van der Waals surface area contributed by atoms with Crippen molar-refractivity contribution in [1.29, 1.82) is 0 Å². The van der Waals surface area contributed by atoms with E-state index in [1.807, 2.05) is 6.20 Å². The van der Waals surface area contributed by atoms with Crippen LogP contribution in [0.25, 0.3) is 11.1 Å². The summed E-state index contributed by atoms with van der Waals surface area (Å²) in [6, 6.07) is 6.61. The molecular weight excluding hydrogens is 428 g/mol. The largest absolute Gasteiger partial charge is 0.393 e. The molecular formula is C26H36N6O2. The number of aliphatic hydroxyl groups is 2. The zero-order valence-corrected chi connectivity index (χ0v) is 20.0. The quantitative estimate of drug-likeness (QED) is 0.623. The third-order valence-corrected chi connectivity index (χ3v) is 8.05. The monoisotopic (exact) mass is 464 g/mol. The van der Waals surface area contributed by atoms with E-state index in [0.717, 1.165) is 92.5 Å². The Balaban J connectivity index is 1.36. The highest BCUT2D eigenvalue weighted by Gasteiger charge is 2.38. The van der Waals surface area contributed by atoms with Crippen molar-refractivity contribution >= 4 is 17.5 Å². The lowest BCUT2D eigenvalue weighted by Crippen LogP contribution is -2.45. The first-order valence-corrected chi connectivity index (χ1v) is 12.9. The molecule has 0 spiro atoms. The van der Waals surface area contributed by atoms with Gasteiger partial charge in [-0.2, -0.15) is 4.98 Å². The normalized spacial score (nSPS) is 27.3. The number of rotatable bonds is 5. The van der Waals surface area contributed by atoms with Crippen molar-refractivity contribution in [2.45, 2.75) is 56.9 Å². The van der Waals surface area contributed by atoms with Crippen LogP contribution in [0.5, 0.6) is 0 Å². The van der Waals surface area contributed by atoms with Crippen LogP contribution >= 0.6 is 0 Å². The van der Waals surface area contributed by atoms with Gasteiger partial charge in [0.25, 0.3) is 0 Å². The average Bonchev–Trinajstić information content (AvgIpc) is 3.69. The molecule has 2 aliphatic heterocycles. The van der Waals surface area contributed by atoms with E-state index in [1.54, 1.807) is 0 Å². The number of aliphatic hydroxyl groups excluding tert-OH is 2. The van der Waals surface area contributed by atoms with E-state index in [0.29, 0.717) is 5.95 Å². The Labute approximate surface area is 201 Å². The minimum absolute atomic E-state index is 0.142. The molecule has 1 unspecified atom stereocenters. The van der Waals surface area contributed by atoms with E-state index in [2.05, 4.69) is 50.2 Å². The number of nitrogens with zero attached hydrogens (tertiary/aromatic N) is 5. The fourth-order valence-corrected chi connectivity index (χ4v) is 5.65. The smallest absolute Gasteiger partial charge is 0.224 e. The highest BCUT2D eigenvalue weighted by atomic mass is 16.3. The second-order valence-electron chi connectivity index (χ2n) is 10.6. The van der Waals surface area contributed by atoms with Gasteiger partial charge in [0.15, 0.2) is 6.23 Å². The number of likely N-dealkylation sites (N-methyl/N-ethyl adjacent to an activating group) is 1. The van der Waals surface area contributed by atoms with Gasteiger partial charge in [0.05, 0.1) is 6.10 Å². The lowest BCUT2D eigenvalue weighted by Gasteiger charge is -2.43. The van der Waals surface area contributed by atoms with Crippen LogP contribution in [0.1, 0.15) is 50.3 Å². The molecule has 0 radical (unpaired) electrons. The SMILES string of the molecule is CN1CCN(c2ccc3c(c2)C(O)N(C2CCC(O)CC2)c2nc(NCC4CC4)ncc2-3)CC1. The highest BCUT2D eigenvalue weighted by molar-refractivity contribution is 5.83. The molecule has 3 heterocycles. The number of hydrogen-bond donors (Lipinski definition) is 3. The summed E-state index contributed by atoms with van der Waals surface area (Å²) in [4.78, 5) is 16.4. The van der Waals surface area contributed by atoms with Crippen LogP contribution in [0.4, 0.5) is 17.5 Å². The Kier molecular flexibility index (Phi) is 5.83. The van der Waals surface area contributed by atoms with Crippen LogP contribution in [-0.4, -0.2) is 77.0 Å². The molecule has 1 atom stereocenters. The number of nitrogens with one attached hydrogen (secondary N) is 1. The van der Waals surface area contributed by atoms with Crippen molar-refractivity contribution in [2.24, 2.45) is 5.92 Å². The Hall–Kier alpha value is -2.42. The summed E-state index contributed by atoms with van der Waals surface area (Å²) < 4.78 is 0. The standard InChI is InChI=1S/C26H36N6O2/c1-30-10-12-31(13-11-30)19-6-9-21-22(14-19)25(34)32(18-4-7-20(33)8-5-18)24-23(21)16-28-26(29-24)27-15-17-2-3-17/h6,9,14,16-18,20,25,33-34H,2-5,7-8,10-13,15H2,1H3,(H,27,28,29). The molecule has 1 aromatic heterocycles. The summed E-state index contributed by atoms with van der Waals surface area (Å²) in [7, 11) is 2.16. The number of fused-ring (bicyclic) bond motifs is 3. The Morgan fingerprint density at radius 3 is 2.47 bits per heavy atom. The highest BCUT2D eigenvalue weighted by Crippen LogP contribution is 2.46. The summed E-state index contributed by atoms with van der Waals surface area (Å²) in [5.41, 5.74) is 4.09. The maximum Gasteiger partial charge on any atom is 0.224 e. The van der Waals surface area contributed by atoms with Gasteiger partial charge in [0, 0.05) is 61.8 Å². The molecule has 1 saturated heterocycles. The number of benzene rings is 1. The molecule has 0 amide bonds. The summed E-state index contributed by atoms with van der Waals surface area (Å²) in [6.45, 7) is 4.98. The second kappa shape index (κ2) is 8.98.